The minimum atomic E-state index is -0.804. The number of amides is 3. The summed E-state index contributed by atoms with van der Waals surface area (Å²) in [6, 6.07) is 11.5. The zero-order chi connectivity index (χ0) is 23.5. The molecule has 1 aromatic heterocycles. The van der Waals surface area contributed by atoms with E-state index < -0.39 is 17.5 Å². The Bertz CT molecular complexity index is 1310. The topological polar surface area (TPSA) is 136 Å². The van der Waals surface area contributed by atoms with E-state index in [4.69, 9.17) is 5.73 Å². The number of fused-ring (bicyclic) bond motifs is 1. The van der Waals surface area contributed by atoms with Gasteiger partial charge in [0, 0.05) is 12.0 Å². The van der Waals surface area contributed by atoms with E-state index in [9.17, 15) is 19.2 Å². The lowest BCUT2D eigenvalue weighted by molar-refractivity contribution is -0.135. The smallest absolute Gasteiger partial charge is 0.262 e. The van der Waals surface area contributed by atoms with Gasteiger partial charge in [0.1, 0.15) is 17.4 Å². The number of hydrogen-bond acceptors (Lipinski definition) is 6. The summed E-state index contributed by atoms with van der Waals surface area (Å²) in [7, 11) is 0. The minimum Gasteiger partial charge on any atom is -0.330 e. The highest BCUT2D eigenvalue weighted by atomic mass is 16.2. The Balaban J connectivity index is 1.68. The summed E-state index contributed by atoms with van der Waals surface area (Å²) in [6.07, 6.45) is 2.00. The molecule has 9 heteroatoms. The molecular formula is C24H25N5O4. The van der Waals surface area contributed by atoms with Crippen LogP contribution in [0.3, 0.4) is 0 Å². The van der Waals surface area contributed by atoms with Crippen molar-refractivity contribution in [2.75, 3.05) is 11.9 Å². The van der Waals surface area contributed by atoms with E-state index in [2.05, 4.69) is 15.6 Å². The first kappa shape index (κ1) is 22.3. The Morgan fingerprint density at radius 2 is 2.00 bits per heavy atom. The van der Waals surface area contributed by atoms with Crippen LogP contribution in [0.5, 0.6) is 0 Å². The third-order valence-corrected chi connectivity index (χ3v) is 5.74. The fourth-order valence-corrected chi connectivity index (χ4v) is 4.09. The Kier molecular flexibility index (Phi) is 6.32. The number of anilines is 1. The standard InChI is InChI=1S/C24H25N5O4/c1-14-26-21-17(24(33)29(14)19-10-11-20(30)28-23(19)32)8-3-9-18(21)27-22(31)16-7-2-5-15(13-16)6-4-12-25/h2-3,5,7-9,13,19H,4,6,10-12,25H2,1H3,(H,27,31)(H,28,30,32). The molecule has 0 spiro atoms. The van der Waals surface area contributed by atoms with Gasteiger partial charge in [-0.15, -0.1) is 0 Å². The number of imide groups is 1. The Morgan fingerprint density at radius 1 is 1.21 bits per heavy atom. The number of aromatic nitrogens is 2. The second-order valence-corrected chi connectivity index (χ2v) is 8.05. The maximum absolute atomic E-state index is 13.3. The molecule has 2 aromatic carbocycles. The van der Waals surface area contributed by atoms with E-state index in [1.807, 2.05) is 18.2 Å². The lowest BCUT2D eigenvalue weighted by Gasteiger charge is -2.24. The van der Waals surface area contributed by atoms with Crippen LogP contribution in [-0.4, -0.2) is 33.8 Å². The van der Waals surface area contributed by atoms with Crippen molar-refractivity contribution in [3.8, 4) is 0 Å². The van der Waals surface area contributed by atoms with Crippen LogP contribution in [-0.2, 0) is 16.0 Å². The number of nitrogens with two attached hydrogens (primary N) is 1. The molecule has 9 nitrogen and oxygen atoms in total. The Hall–Kier alpha value is -3.85. The number of hydrogen-bond donors (Lipinski definition) is 3. The molecule has 1 aliphatic rings. The number of carbonyl (C=O) groups excluding carboxylic acids is 3. The molecule has 0 bridgehead atoms. The second kappa shape index (κ2) is 9.33. The maximum atomic E-state index is 13.3. The third kappa shape index (κ3) is 4.54. The summed E-state index contributed by atoms with van der Waals surface area (Å²) in [4.78, 5) is 54.5. The minimum absolute atomic E-state index is 0.154. The van der Waals surface area contributed by atoms with Crippen molar-refractivity contribution in [2.45, 2.75) is 38.6 Å². The van der Waals surface area contributed by atoms with E-state index in [1.54, 1.807) is 31.2 Å². The summed E-state index contributed by atoms with van der Waals surface area (Å²) in [5.41, 5.74) is 7.44. The first-order valence-electron chi connectivity index (χ1n) is 10.8. The Labute approximate surface area is 190 Å². The van der Waals surface area contributed by atoms with Crippen LogP contribution < -0.4 is 21.9 Å². The SMILES string of the molecule is Cc1nc2c(NC(=O)c3cccc(CCCN)c3)cccc2c(=O)n1C1CCC(=O)NC1=O. The lowest BCUT2D eigenvalue weighted by atomic mass is 10.0. The van der Waals surface area contributed by atoms with Crippen molar-refractivity contribution in [2.24, 2.45) is 5.73 Å². The van der Waals surface area contributed by atoms with Crippen molar-refractivity contribution < 1.29 is 14.4 Å². The number of nitrogens with one attached hydrogen (secondary N) is 2. The summed E-state index contributed by atoms with van der Waals surface area (Å²) in [6.45, 7) is 2.21. The average Bonchev–Trinajstić information content (AvgIpc) is 2.79. The molecule has 3 aromatic rings. The van der Waals surface area contributed by atoms with E-state index in [-0.39, 0.29) is 30.0 Å². The number of rotatable bonds is 6. The fraction of sp³-hybridized carbons (Fsp3) is 0.292. The number of piperidine rings is 1. The van der Waals surface area contributed by atoms with Crippen molar-refractivity contribution in [1.29, 1.82) is 0 Å². The zero-order valence-corrected chi connectivity index (χ0v) is 18.3. The molecule has 0 radical (unpaired) electrons. The van der Waals surface area contributed by atoms with Gasteiger partial charge in [-0.25, -0.2) is 4.98 Å². The van der Waals surface area contributed by atoms with Crippen LogP contribution in [0.4, 0.5) is 5.69 Å². The second-order valence-electron chi connectivity index (χ2n) is 8.05. The lowest BCUT2D eigenvalue weighted by Crippen LogP contribution is -2.45. The van der Waals surface area contributed by atoms with E-state index >= 15 is 0 Å². The van der Waals surface area contributed by atoms with Gasteiger partial charge in [0.2, 0.25) is 11.8 Å². The highest BCUT2D eigenvalue weighted by Crippen LogP contribution is 2.24. The molecular weight excluding hydrogens is 422 g/mol. The van der Waals surface area contributed by atoms with Gasteiger partial charge in [-0.05, 0) is 62.6 Å². The number of nitrogens with zero attached hydrogens (tertiary/aromatic N) is 2. The van der Waals surface area contributed by atoms with Gasteiger partial charge in [-0.3, -0.25) is 29.1 Å². The Morgan fingerprint density at radius 3 is 2.76 bits per heavy atom. The largest absolute Gasteiger partial charge is 0.330 e. The third-order valence-electron chi connectivity index (χ3n) is 5.74. The maximum Gasteiger partial charge on any atom is 0.262 e. The molecule has 3 amide bonds. The van der Waals surface area contributed by atoms with Crippen molar-refractivity contribution >= 4 is 34.3 Å². The normalized spacial score (nSPS) is 16.0. The van der Waals surface area contributed by atoms with Crippen LogP contribution in [0.25, 0.3) is 10.9 Å². The van der Waals surface area contributed by atoms with Gasteiger partial charge in [0.05, 0.1) is 11.1 Å². The molecule has 1 saturated heterocycles. The van der Waals surface area contributed by atoms with E-state index in [0.717, 1.165) is 18.4 Å². The molecule has 1 fully saturated rings. The highest BCUT2D eigenvalue weighted by Gasteiger charge is 2.30. The molecule has 1 unspecified atom stereocenters. The van der Waals surface area contributed by atoms with Crippen LogP contribution in [0, 0.1) is 6.92 Å². The zero-order valence-electron chi connectivity index (χ0n) is 18.3. The van der Waals surface area contributed by atoms with E-state index in [0.29, 0.717) is 29.1 Å². The molecule has 33 heavy (non-hydrogen) atoms. The van der Waals surface area contributed by atoms with Crippen molar-refractivity contribution in [3.05, 3.63) is 69.8 Å². The number of para-hydroxylation sites is 1. The number of benzene rings is 2. The molecule has 4 rings (SSSR count). The predicted octanol–water partition coefficient (Wildman–Crippen LogP) is 1.83. The monoisotopic (exact) mass is 447 g/mol. The first-order valence-corrected chi connectivity index (χ1v) is 10.8. The molecule has 170 valence electrons. The summed E-state index contributed by atoms with van der Waals surface area (Å²) in [5, 5.41) is 5.41. The van der Waals surface area contributed by atoms with Crippen LogP contribution in [0.2, 0.25) is 0 Å². The van der Waals surface area contributed by atoms with Crippen molar-refractivity contribution in [3.63, 3.8) is 0 Å². The van der Waals surface area contributed by atoms with Gasteiger partial charge < -0.3 is 11.1 Å². The summed E-state index contributed by atoms with van der Waals surface area (Å²) >= 11 is 0. The number of carbonyl (C=O) groups is 3. The highest BCUT2D eigenvalue weighted by molar-refractivity contribution is 6.08. The molecule has 2 heterocycles. The van der Waals surface area contributed by atoms with Crippen LogP contribution in [0.15, 0.2) is 47.3 Å². The molecule has 1 aliphatic heterocycles. The average molecular weight is 447 g/mol. The van der Waals surface area contributed by atoms with Gasteiger partial charge in [-0.1, -0.05) is 18.2 Å². The number of aryl methyl sites for hydroxylation is 2. The molecule has 4 N–H and O–H groups in total. The van der Waals surface area contributed by atoms with Crippen LogP contribution in [0.1, 0.15) is 47.1 Å². The predicted molar refractivity (Wildman–Crippen MR) is 124 cm³/mol. The first-order chi connectivity index (χ1) is 15.9. The molecule has 0 saturated carbocycles. The summed E-state index contributed by atoms with van der Waals surface area (Å²) < 4.78 is 1.32. The summed E-state index contributed by atoms with van der Waals surface area (Å²) in [5.74, 6) is -0.859. The van der Waals surface area contributed by atoms with Crippen LogP contribution >= 0.6 is 0 Å². The molecule has 1 atom stereocenters. The van der Waals surface area contributed by atoms with Crippen molar-refractivity contribution in [1.82, 2.24) is 14.9 Å². The van der Waals surface area contributed by atoms with E-state index in [1.165, 1.54) is 4.57 Å². The quantitative estimate of drug-likeness (QED) is 0.493. The van der Waals surface area contributed by atoms with Gasteiger partial charge in [-0.2, -0.15) is 0 Å². The van der Waals surface area contributed by atoms with Gasteiger partial charge >= 0.3 is 0 Å². The van der Waals surface area contributed by atoms with Gasteiger partial charge in [0.15, 0.2) is 0 Å². The fourth-order valence-electron chi connectivity index (χ4n) is 4.09. The molecule has 0 aliphatic carbocycles. The van der Waals surface area contributed by atoms with Gasteiger partial charge in [0.25, 0.3) is 11.5 Å².